The van der Waals surface area contributed by atoms with E-state index in [9.17, 15) is 9.59 Å². The van der Waals surface area contributed by atoms with E-state index >= 15 is 0 Å². The number of aryl methyl sites for hydroxylation is 3. The maximum absolute atomic E-state index is 12.0. The Morgan fingerprint density at radius 3 is 2.71 bits per heavy atom. The molecule has 1 amide bonds. The molecule has 2 aromatic rings. The van der Waals surface area contributed by atoms with Crippen LogP contribution in [0.15, 0.2) is 41.3 Å². The SMILES string of the molecule is Cc1ccn(C)c(=O)c1NC(=O)CCc1ccccc1N. The average molecular weight is 285 g/mol. The van der Waals surface area contributed by atoms with Crippen molar-refractivity contribution in [2.24, 2.45) is 7.05 Å². The summed E-state index contributed by atoms with van der Waals surface area (Å²) in [5.74, 6) is -0.190. The summed E-state index contributed by atoms with van der Waals surface area (Å²) in [6.45, 7) is 1.80. The third kappa shape index (κ3) is 3.51. The number of nitrogens with two attached hydrogens (primary N) is 1. The Morgan fingerprint density at radius 1 is 1.29 bits per heavy atom. The van der Waals surface area contributed by atoms with Gasteiger partial charge in [-0.1, -0.05) is 18.2 Å². The minimum Gasteiger partial charge on any atom is -0.399 e. The number of para-hydroxylation sites is 1. The van der Waals surface area contributed by atoms with E-state index in [1.54, 1.807) is 26.2 Å². The number of pyridine rings is 1. The minimum atomic E-state index is -0.206. The Bertz CT molecular complexity index is 720. The summed E-state index contributed by atoms with van der Waals surface area (Å²) in [5, 5.41) is 2.70. The fourth-order valence-corrected chi connectivity index (χ4v) is 2.08. The molecule has 0 unspecified atom stereocenters. The van der Waals surface area contributed by atoms with Crippen LogP contribution in [0, 0.1) is 6.92 Å². The smallest absolute Gasteiger partial charge is 0.274 e. The number of aromatic nitrogens is 1. The predicted octanol–water partition coefficient (Wildman–Crippen LogP) is 1.85. The highest BCUT2D eigenvalue weighted by Gasteiger charge is 2.10. The predicted molar refractivity (Wildman–Crippen MR) is 84.2 cm³/mol. The fourth-order valence-electron chi connectivity index (χ4n) is 2.08. The van der Waals surface area contributed by atoms with Crippen molar-refractivity contribution in [1.29, 1.82) is 0 Å². The second-order valence-electron chi connectivity index (χ2n) is 5.04. The van der Waals surface area contributed by atoms with Crippen LogP contribution in [0.3, 0.4) is 0 Å². The quantitative estimate of drug-likeness (QED) is 0.842. The molecule has 0 saturated carbocycles. The molecule has 1 aromatic carbocycles. The van der Waals surface area contributed by atoms with E-state index in [0.717, 1.165) is 11.1 Å². The molecule has 1 aromatic heterocycles. The molecule has 3 N–H and O–H groups in total. The second-order valence-corrected chi connectivity index (χ2v) is 5.04. The number of nitrogen functional groups attached to an aromatic ring is 1. The molecule has 2 rings (SSSR count). The van der Waals surface area contributed by atoms with Crippen LogP contribution in [0.5, 0.6) is 0 Å². The van der Waals surface area contributed by atoms with Crippen molar-refractivity contribution >= 4 is 17.3 Å². The number of anilines is 2. The van der Waals surface area contributed by atoms with Crippen LogP contribution in [-0.4, -0.2) is 10.5 Å². The van der Waals surface area contributed by atoms with Gasteiger partial charge >= 0.3 is 0 Å². The summed E-state index contributed by atoms with van der Waals surface area (Å²) in [5.41, 5.74) is 8.34. The van der Waals surface area contributed by atoms with Crippen LogP contribution >= 0.6 is 0 Å². The van der Waals surface area contributed by atoms with E-state index in [1.165, 1.54) is 4.57 Å². The first-order valence-electron chi connectivity index (χ1n) is 6.78. The summed E-state index contributed by atoms with van der Waals surface area (Å²) < 4.78 is 1.44. The zero-order valence-electron chi connectivity index (χ0n) is 12.2. The van der Waals surface area contributed by atoms with Gasteiger partial charge in [0.05, 0.1) is 0 Å². The third-order valence-electron chi connectivity index (χ3n) is 3.42. The minimum absolute atomic E-state index is 0.190. The van der Waals surface area contributed by atoms with Gasteiger partial charge in [-0.2, -0.15) is 0 Å². The molecule has 0 bridgehead atoms. The molecule has 0 spiro atoms. The molecule has 21 heavy (non-hydrogen) atoms. The first kappa shape index (κ1) is 14.8. The van der Waals surface area contributed by atoms with E-state index in [2.05, 4.69) is 5.32 Å². The Balaban J connectivity index is 2.05. The van der Waals surface area contributed by atoms with Crippen molar-refractivity contribution in [3.05, 3.63) is 58.0 Å². The van der Waals surface area contributed by atoms with E-state index in [4.69, 9.17) is 5.73 Å². The van der Waals surface area contributed by atoms with Crippen LogP contribution in [0.2, 0.25) is 0 Å². The zero-order valence-corrected chi connectivity index (χ0v) is 12.2. The van der Waals surface area contributed by atoms with Gasteiger partial charge in [0.25, 0.3) is 5.56 Å². The third-order valence-corrected chi connectivity index (χ3v) is 3.42. The molecule has 0 aliphatic rings. The summed E-state index contributed by atoms with van der Waals surface area (Å²) in [6, 6.07) is 9.25. The molecule has 1 heterocycles. The molecular weight excluding hydrogens is 266 g/mol. The van der Waals surface area contributed by atoms with Crippen molar-refractivity contribution < 1.29 is 4.79 Å². The van der Waals surface area contributed by atoms with Crippen LogP contribution in [0.1, 0.15) is 17.5 Å². The molecule has 0 saturated heterocycles. The molecule has 0 aliphatic heterocycles. The van der Waals surface area contributed by atoms with E-state index in [1.807, 2.05) is 24.3 Å². The number of hydrogen-bond acceptors (Lipinski definition) is 3. The molecule has 0 fully saturated rings. The van der Waals surface area contributed by atoms with Gasteiger partial charge < -0.3 is 15.6 Å². The van der Waals surface area contributed by atoms with Gasteiger partial charge in [-0.05, 0) is 36.6 Å². The number of nitrogens with one attached hydrogen (secondary N) is 1. The number of nitrogens with zero attached hydrogens (tertiary/aromatic N) is 1. The monoisotopic (exact) mass is 285 g/mol. The van der Waals surface area contributed by atoms with Crippen molar-refractivity contribution in [3.63, 3.8) is 0 Å². The van der Waals surface area contributed by atoms with E-state index < -0.39 is 0 Å². The zero-order chi connectivity index (χ0) is 15.4. The van der Waals surface area contributed by atoms with Crippen LogP contribution in [-0.2, 0) is 18.3 Å². The first-order valence-corrected chi connectivity index (χ1v) is 6.78. The number of benzene rings is 1. The van der Waals surface area contributed by atoms with Crippen molar-refractivity contribution in [1.82, 2.24) is 4.57 Å². The lowest BCUT2D eigenvalue weighted by Crippen LogP contribution is -2.25. The topological polar surface area (TPSA) is 77.1 Å². The number of rotatable bonds is 4. The van der Waals surface area contributed by atoms with Crippen LogP contribution in [0.4, 0.5) is 11.4 Å². The average Bonchev–Trinajstić information content (AvgIpc) is 2.47. The summed E-state index contributed by atoms with van der Waals surface area (Å²) in [6.07, 6.45) is 2.51. The van der Waals surface area contributed by atoms with Crippen molar-refractivity contribution in [3.8, 4) is 0 Å². The lowest BCUT2D eigenvalue weighted by molar-refractivity contribution is -0.116. The van der Waals surface area contributed by atoms with Gasteiger partial charge in [0.1, 0.15) is 5.69 Å². The maximum atomic E-state index is 12.0. The highest BCUT2D eigenvalue weighted by molar-refractivity contribution is 5.91. The Hall–Kier alpha value is -2.56. The molecule has 0 atom stereocenters. The fraction of sp³-hybridized carbons (Fsp3) is 0.250. The second kappa shape index (κ2) is 6.26. The van der Waals surface area contributed by atoms with Crippen molar-refractivity contribution in [2.45, 2.75) is 19.8 Å². The van der Waals surface area contributed by atoms with Gasteiger partial charge in [-0.25, -0.2) is 0 Å². The Labute approximate surface area is 123 Å². The molecule has 0 aliphatic carbocycles. The maximum Gasteiger partial charge on any atom is 0.274 e. The van der Waals surface area contributed by atoms with Gasteiger partial charge in [-0.3, -0.25) is 9.59 Å². The van der Waals surface area contributed by atoms with Crippen LogP contribution in [0.25, 0.3) is 0 Å². The molecule has 110 valence electrons. The van der Waals surface area contributed by atoms with Crippen molar-refractivity contribution in [2.75, 3.05) is 11.1 Å². The molecule has 0 radical (unpaired) electrons. The van der Waals surface area contributed by atoms with Gasteiger partial charge in [0, 0.05) is 25.4 Å². The number of carbonyl (C=O) groups is 1. The first-order chi connectivity index (χ1) is 9.99. The van der Waals surface area contributed by atoms with Crippen LogP contribution < -0.4 is 16.6 Å². The van der Waals surface area contributed by atoms with E-state index in [-0.39, 0.29) is 17.9 Å². The van der Waals surface area contributed by atoms with Gasteiger partial charge in [0.15, 0.2) is 0 Å². The molecule has 5 nitrogen and oxygen atoms in total. The largest absolute Gasteiger partial charge is 0.399 e. The lowest BCUT2D eigenvalue weighted by atomic mass is 10.1. The van der Waals surface area contributed by atoms with E-state index in [0.29, 0.717) is 17.8 Å². The Morgan fingerprint density at radius 2 is 2.00 bits per heavy atom. The summed E-state index contributed by atoms with van der Waals surface area (Å²) in [4.78, 5) is 24.0. The number of amides is 1. The standard InChI is InChI=1S/C16H19N3O2/c1-11-9-10-19(2)16(21)15(11)18-14(20)8-7-12-5-3-4-6-13(12)17/h3-6,9-10H,7-8,17H2,1-2H3,(H,18,20). The summed E-state index contributed by atoms with van der Waals surface area (Å²) >= 11 is 0. The molecular formula is C16H19N3O2. The van der Waals surface area contributed by atoms with Gasteiger partial charge in [0.2, 0.25) is 5.91 Å². The molecule has 5 heteroatoms. The highest BCUT2D eigenvalue weighted by atomic mass is 16.2. The number of hydrogen-bond donors (Lipinski definition) is 2. The lowest BCUT2D eigenvalue weighted by Gasteiger charge is -2.10. The normalized spacial score (nSPS) is 10.4. The van der Waals surface area contributed by atoms with Gasteiger partial charge in [-0.15, -0.1) is 0 Å². The number of carbonyl (C=O) groups excluding carboxylic acids is 1. The highest BCUT2D eigenvalue weighted by Crippen LogP contribution is 2.14. The summed E-state index contributed by atoms with van der Waals surface area (Å²) in [7, 11) is 1.65. The Kier molecular flexibility index (Phi) is 4.42.